The van der Waals surface area contributed by atoms with Crippen LogP contribution >= 0.6 is 0 Å². The summed E-state index contributed by atoms with van der Waals surface area (Å²) in [6, 6.07) is 9.85. The van der Waals surface area contributed by atoms with Gasteiger partial charge in [-0.15, -0.1) is 0 Å². The van der Waals surface area contributed by atoms with E-state index in [1.807, 2.05) is 6.20 Å². The molecule has 1 aromatic carbocycles. The van der Waals surface area contributed by atoms with Crippen molar-refractivity contribution in [2.45, 2.75) is 32.6 Å². The molecule has 1 amide bonds. The van der Waals surface area contributed by atoms with Crippen LogP contribution in [0.2, 0.25) is 0 Å². The summed E-state index contributed by atoms with van der Waals surface area (Å²) in [6.07, 6.45) is 5.25. The van der Waals surface area contributed by atoms with E-state index in [9.17, 15) is 9.59 Å². The Morgan fingerprint density at radius 1 is 1.21 bits per heavy atom. The van der Waals surface area contributed by atoms with E-state index in [1.165, 1.54) is 17.8 Å². The largest absolute Gasteiger partial charge is 0.364 e. The maximum absolute atomic E-state index is 12.9. The third kappa shape index (κ3) is 3.50. The van der Waals surface area contributed by atoms with Crippen molar-refractivity contribution in [1.82, 2.24) is 20.1 Å². The molecule has 2 N–H and O–H groups in total. The Kier molecular flexibility index (Phi) is 4.86. The number of rotatable bonds is 3. The molecule has 28 heavy (non-hydrogen) atoms. The van der Waals surface area contributed by atoms with E-state index in [4.69, 9.17) is 0 Å². The highest BCUT2D eigenvalue weighted by Crippen LogP contribution is 2.33. The van der Waals surface area contributed by atoms with Gasteiger partial charge in [-0.2, -0.15) is 5.10 Å². The summed E-state index contributed by atoms with van der Waals surface area (Å²) >= 11 is 0. The zero-order valence-corrected chi connectivity index (χ0v) is 16.2. The van der Waals surface area contributed by atoms with Gasteiger partial charge in [0.2, 0.25) is 0 Å². The summed E-state index contributed by atoms with van der Waals surface area (Å²) in [7, 11) is 0. The Morgan fingerprint density at radius 2 is 2.00 bits per heavy atom. The first kappa shape index (κ1) is 18.2. The van der Waals surface area contributed by atoms with Gasteiger partial charge in [-0.1, -0.05) is 29.8 Å². The fourth-order valence-corrected chi connectivity index (χ4v) is 3.88. The van der Waals surface area contributed by atoms with Gasteiger partial charge in [0.25, 0.3) is 5.91 Å². The van der Waals surface area contributed by atoms with E-state index in [0.29, 0.717) is 13.1 Å². The van der Waals surface area contributed by atoms with Crippen LogP contribution in [0, 0.1) is 13.8 Å². The fraction of sp³-hybridized carbons (Fsp3) is 0.318. The normalized spacial score (nSPS) is 16.9. The van der Waals surface area contributed by atoms with Crippen molar-refractivity contribution in [2.75, 3.05) is 13.1 Å². The second-order valence-electron chi connectivity index (χ2n) is 7.55. The molecule has 1 aliphatic rings. The van der Waals surface area contributed by atoms with Crippen LogP contribution in [0.3, 0.4) is 0 Å². The van der Waals surface area contributed by atoms with Gasteiger partial charge >= 0.3 is 0 Å². The Labute approximate surface area is 163 Å². The molecule has 4 rings (SSSR count). The van der Waals surface area contributed by atoms with Crippen molar-refractivity contribution >= 4 is 5.91 Å². The number of aryl methyl sites for hydroxylation is 2. The molecule has 3 aromatic rings. The number of piperidine rings is 1. The molecule has 6 heteroatoms. The van der Waals surface area contributed by atoms with Crippen LogP contribution in [0.5, 0.6) is 0 Å². The van der Waals surface area contributed by atoms with Crippen molar-refractivity contribution in [3.63, 3.8) is 0 Å². The molecule has 3 heterocycles. The molecule has 1 atom stereocenters. The first-order valence-electron chi connectivity index (χ1n) is 9.62. The number of carbonyl (C=O) groups excluding carboxylic acids is 1. The van der Waals surface area contributed by atoms with E-state index in [2.05, 4.69) is 46.4 Å². The quantitative estimate of drug-likeness (QED) is 0.735. The molecule has 144 valence electrons. The van der Waals surface area contributed by atoms with Crippen LogP contribution in [0.15, 0.2) is 47.5 Å². The zero-order valence-electron chi connectivity index (χ0n) is 16.2. The minimum atomic E-state index is -0.231. The highest BCUT2D eigenvalue weighted by molar-refractivity contribution is 5.94. The molecule has 1 saturated heterocycles. The lowest BCUT2D eigenvalue weighted by molar-refractivity contribution is 0.0704. The second-order valence-corrected chi connectivity index (χ2v) is 7.55. The third-order valence-electron chi connectivity index (χ3n) is 5.44. The number of nitrogens with zero attached hydrogens (tertiary/aromatic N) is 2. The number of pyridine rings is 1. The third-order valence-corrected chi connectivity index (χ3v) is 5.44. The van der Waals surface area contributed by atoms with Gasteiger partial charge in [-0.3, -0.25) is 14.7 Å². The zero-order chi connectivity index (χ0) is 19.7. The van der Waals surface area contributed by atoms with E-state index in [0.717, 1.165) is 35.4 Å². The molecule has 0 spiro atoms. The van der Waals surface area contributed by atoms with Crippen LogP contribution in [0.4, 0.5) is 0 Å². The molecular weight excluding hydrogens is 352 g/mol. The second kappa shape index (κ2) is 7.46. The van der Waals surface area contributed by atoms with Crippen molar-refractivity contribution in [3.8, 4) is 11.1 Å². The Morgan fingerprint density at radius 3 is 2.75 bits per heavy atom. The minimum Gasteiger partial charge on any atom is -0.364 e. The maximum atomic E-state index is 12.9. The highest BCUT2D eigenvalue weighted by Gasteiger charge is 2.29. The van der Waals surface area contributed by atoms with E-state index in [1.54, 1.807) is 11.8 Å². The molecule has 1 unspecified atom stereocenters. The number of carbonyl (C=O) groups is 1. The van der Waals surface area contributed by atoms with Crippen LogP contribution in [0.25, 0.3) is 11.1 Å². The number of amides is 1. The first-order chi connectivity index (χ1) is 13.5. The number of aromatic amines is 2. The van der Waals surface area contributed by atoms with Gasteiger partial charge in [0.05, 0.1) is 6.20 Å². The average Bonchev–Trinajstić information content (AvgIpc) is 3.18. The van der Waals surface area contributed by atoms with Crippen molar-refractivity contribution in [3.05, 3.63) is 75.5 Å². The molecule has 2 aromatic heterocycles. The van der Waals surface area contributed by atoms with Crippen molar-refractivity contribution in [2.24, 2.45) is 0 Å². The van der Waals surface area contributed by atoms with Crippen LogP contribution in [-0.2, 0) is 0 Å². The fourth-order valence-electron chi connectivity index (χ4n) is 3.88. The number of H-pyrrole nitrogens is 2. The Balaban J connectivity index is 1.58. The van der Waals surface area contributed by atoms with E-state index >= 15 is 0 Å². The van der Waals surface area contributed by atoms with Crippen LogP contribution < -0.4 is 5.43 Å². The monoisotopic (exact) mass is 376 g/mol. The van der Waals surface area contributed by atoms with E-state index < -0.39 is 0 Å². The number of nitrogens with one attached hydrogen (secondary N) is 2. The summed E-state index contributed by atoms with van der Waals surface area (Å²) in [5.41, 5.74) is 5.18. The number of benzene rings is 1. The predicted molar refractivity (Wildman–Crippen MR) is 108 cm³/mol. The molecule has 0 radical (unpaired) electrons. The number of aromatic nitrogens is 3. The predicted octanol–water partition coefficient (Wildman–Crippen LogP) is 3.40. The van der Waals surface area contributed by atoms with Gasteiger partial charge in [0.15, 0.2) is 5.43 Å². The SMILES string of the molecule is Cc1ccc(-c2cn[nH]c2C2CCCN(C(=O)c3c[nH]c(C)cc3=O)C2)cc1. The van der Waals surface area contributed by atoms with E-state index in [-0.39, 0.29) is 22.8 Å². The van der Waals surface area contributed by atoms with Gasteiger partial charge in [0.1, 0.15) is 5.56 Å². The Bertz CT molecular complexity index is 1050. The molecule has 6 nitrogen and oxygen atoms in total. The average molecular weight is 376 g/mol. The summed E-state index contributed by atoms with van der Waals surface area (Å²) in [6.45, 7) is 5.11. The minimum absolute atomic E-state index is 0.168. The number of hydrogen-bond acceptors (Lipinski definition) is 3. The summed E-state index contributed by atoms with van der Waals surface area (Å²) in [4.78, 5) is 29.9. The van der Waals surface area contributed by atoms with Gasteiger partial charge in [-0.25, -0.2) is 0 Å². The van der Waals surface area contributed by atoms with Gasteiger partial charge in [0, 0.05) is 48.2 Å². The lowest BCUT2D eigenvalue weighted by Crippen LogP contribution is -2.41. The van der Waals surface area contributed by atoms with Crippen molar-refractivity contribution < 1.29 is 4.79 Å². The number of hydrogen-bond donors (Lipinski definition) is 2. The maximum Gasteiger partial charge on any atom is 0.259 e. The molecule has 0 saturated carbocycles. The molecule has 1 aliphatic heterocycles. The summed E-state index contributed by atoms with van der Waals surface area (Å²) in [5.74, 6) is -0.0385. The van der Waals surface area contributed by atoms with Gasteiger partial charge < -0.3 is 9.88 Å². The van der Waals surface area contributed by atoms with Crippen LogP contribution in [-0.4, -0.2) is 39.1 Å². The van der Waals surface area contributed by atoms with Crippen molar-refractivity contribution in [1.29, 1.82) is 0 Å². The molecular formula is C22H24N4O2. The first-order valence-corrected chi connectivity index (χ1v) is 9.62. The molecule has 0 bridgehead atoms. The number of likely N-dealkylation sites (tertiary alicyclic amines) is 1. The smallest absolute Gasteiger partial charge is 0.259 e. The summed E-state index contributed by atoms with van der Waals surface area (Å²) < 4.78 is 0. The topological polar surface area (TPSA) is 81.8 Å². The highest BCUT2D eigenvalue weighted by atomic mass is 16.2. The molecule has 1 fully saturated rings. The van der Waals surface area contributed by atoms with Gasteiger partial charge in [-0.05, 0) is 32.3 Å². The molecule has 0 aliphatic carbocycles. The summed E-state index contributed by atoms with van der Waals surface area (Å²) in [5, 5.41) is 7.42. The lowest BCUT2D eigenvalue weighted by Gasteiger charge is -2.32. The van der Waals surface area contributed by atoms with Crippen LogP contribution in [0.1, 0.15) is 46.1 Å². The standard InChI is InChI=1S/C22H24N4O2/c1-14-5-7-16(8-6-14)18-12-24-25-21(18)17-4-3-9-26(13-17)22(28)19-11-23-15(2)10-20(19)27/h5-8,10-12,17H,3-4,9,13H2,1-2H3,(H,23,27)(H,24,25). The Hall–Kier alpha value is -3.15. The lowest BCUT2D eigenvalue weighted by atomic mass is 9.90.